The molecule has 0 saturated carbocycles. The number of aromatic carboxylic acids is 1. The zero-order valence-electron chi connectivity index (χ0n) is 7.44. The molecule has 0 N–H and O–H groups in total. The number of nitrogens with zero attached hydrogens (tertiary/aromatic N) is 2. The minimum absolute atomic E-state index is 0. The van der Waals surface area contributed by atoms with E-state index in [9.17, 15) is 9.90 Å². The molecule has 0 unspecified atom stereocenters. The molecule has 4 nitrogen and oxygen atoms in total. The summed E-state index contributed by atoms with van der Waals surface area (Å²) < 4.78 is 0. The van der Waals surface area contributed by atoms with Gasteiger partial charge in [-0.3, -0.25) is 0 Å². The molecule has 14 heavy (non-hydrogen) atoms. The predicted octanol–water partition coefficient (Wildman–Crippen LogP) is -3.20. The third-order valence-electron chi connectivity index (χ3n) is 1.51. The summed E-state index contributed by atoms with van der Waals surface area (Å²) in [5.41, 5.74) is -0.453. The fraction of sp³-hybridized carbons (Fsp3) is 0. The predicted molar refractivity (Wildman–Crippen MR) is 40.2 cm³/mol. The third kappa shape index (κ3) is 2.15. The Bertz CT molecular complexity index is 411. The summed E-state index contributed by atoms with van der Waals surface area (Å²) >= 11 is 0. The quantitative estimate of drug-likeness (QED) is 0.423. The van der Waals surface area contributed by atoms with Crippen molar-refractivity contribution >= 4 is 5.97 Å². The third-order valence-corrected chi connectivity index (χ3v) is 1.51. The number of benzene rings is 1. The molecule has 1 rings (SSSR count). The Morgan fingerprint density at radius 1 is 1.21 bits per heavy atom. The smallest absolute Gasteiger partial charge is 0.545 e. The molecule has 0 amide bonds. The van der Waals surface area contributed by atoms with Crippen LogP contribution in [0.1, 0.15) is 21.5 Å². The SMILES string of the molecule is N#Cc1cccc(C#N)c1C(=O)[O-].[Li+]. The van der Waals surface area contributed by atoms with Gasteiger partial charge < -0.3 is 9.90 Å². The van der Waals surface area contributed by atoms with Gasteiger partial charge in [-0.1, -0.05) is 6.07 Å². The van der Waals surface area contributed by atoms with Crippen LogP contribution in [0.15, 0.2) is 18.2 Å². The molecule has 0 atom stereocenters. The van der Waals surface area contributed by atoms with E-state index in [1.807, 2.05) is 0 Å². The van der Waals surface area contributed by atoms with Gasteiger partial charge in [-0.25, -0.2) is 0 Å². The summed E-state index contributed by atoms with van der Waals surface area (Å²) in [6.07, 6.45) is 0. The fourth-order valence-corrected chi connectivity index (χ4v) is 0.959. The first kappa shape index (κ1) is 12.3. The Hall–Kier alpha value is -1.73. The molecule has 5 heteroatoms. The zero-order valence-corrected chi connectivity index (χ0v) is 7.44. The molecule has 62 valence electrons. The van der Waals surface area contributed by atoms with Crippen LogP contribution in [0, 0.1) is 22.7 Å². The second-order valence-electron chi connectivity index (χ2n) is 2.24. The Morgan fingerprint density at radius 3 is 1.93 bits per heavy atom. The molecule has 0 aliphatic heterocycles. The number of hydrogen-bond donors (Lipinski definition) is 0. The Kier molecular flexibility index (Phi) is 4.47. The van der Waals surface area contributed by atoms with E-state index in [0.29, 0.717) is 0 Å². The van der Waals surface area contributed by atoms with E-state index >= 15 is 0 Å². The van der Waals surface area contributed by atoms with Crippen molar-refractivity contribution in [2.75, 3.05) is 0 Å². The van der Waals surface area contributed by atoms with Crippen LogP contribution in [0.25, 0.3) is 0 Å². The van der Waals surface area contributed by atoms with E-state index in [0.717, 1.165) is 0 Å². The van der Waals surface area contributed by atoms with Crippen LogP contribution >= 0.6 is 0 Å². The molecule has 1 aromatic carbocycles. The summed E-state index contributed by atoms with van der Waals surface area (Å²) in [4.78, 5) is 10.5. The molecule has 0 heterocycles. The molecule has 1 aromatic rings. The number of carbonyl (C=O) groups is 1. The maximum atomic E-state index is 10.5. The van der Waals surface area contributed by atoms with Crippen LogP contribution in [0.2, 0.25) is 0 Å². The number of carboxylic acids is 1. The number of rotatable bonds is 1. The van der Waals surface area contributed by atoms with Gasteiger partial charge in [0.25, 0.3) is 0 Å². The van der Waals surface area contributed by atoms with E-state index in [2.05, 4.69) is 0 Å². The van der Waals surface area contributed by atoms with Crippen molar-refractivity contribution in [2.24, 2.45) is 0 Å². The van der Waals surface area contributed by atoms with Crippen molar-refractivity contribution in [3.8, 4) is 12.1 Å². The van der Waals surface area contributed by atoms with Crippen molar-refractivity contribution in [1.29, 1.82) is 10.5 Å². The second-order valence-corrected chi connectivity index (χ2v) is 2.24. The minimum Gasteiger partial charge on any atom is -0.545 e. The Balaban J connectivity index is 0.00000169. The molecule has 0 aromatic heterocycles. The van der Waals surface area contributed by atoms with Gasteiger partial charge in [-0.05, 0) is 12.1 Å². The van der Waals surface area contributed by atoms with Crippen LogP contribution in [-0.4, -0.2) is 5.97 Å². The summed E-state index contributed by atoms with van der Waals surface area (Å²) in [6, 6.07) is 7.46. The molecule has 0 fully saturated rings. The second kappa shape index (κ2) is 5.10. The molecule has 0 aliphatic carbocycles. The largest absolute Gasteiger partial charge is 1.00 e. The average molecular weight is 178 g/mol. The van der Waals surface area contributed by atoms with Gasteiger partial charge in [-0.15, -0.1) is 0 Å². The molecule has 0 saturated heterocycles. The molecule has 0 radical (unpaired) electrons. The summed E-state index contributed by atoms with van der Waals surface area (Å²) in [7, 11) is 0. The number of carbonyl (C=O) groups excluding carboxylic acids is 1. The molecular formula is C9H3LiN2O2. The molecule has 0 aliphatic rings. The van der Waals surface area contributed by atoms with Crippen LogP contribution in [0.5, 0.6) is 0 Å². The summed E-state index contributed by atoms with van der Waals surface area (Å²) in [5.74, 6) is -1.51. The monoisotopic (exact) mass is 178 g/mol. The van der Waals surface area contributed by atoms with Gasteiger partial charge in [0.1, 0.15) is 0 Å². The van der Waals surface area contributed by atoms with Gasteiger partial charge in [0.05, 0.1) is 29.2 Å². The Labute approximate surface area is 92.6 Å². The van der Waals surface area contributed by atoms with Crippen molar-refractivity contribution in [3.05, 3.63) is 34.9 Å². The first-order valence-corrected chi connectivity index (χ1v) is 3.35. The molecule has 0 bridgehead atoms. The van der Waals surface area contributed by atoms with E-state index in [-0.39, 0.29) is 35.6 Å². The van der Waals surface area contributed by atoms with Crippen molar-refractivity contribution in [3.63, 3.8) is 0 Å². The number of carboxylic acid groups (broad SMARTS) is 1. The van der Waals surface area contributed by atoms with Crippen LogP contribution in [-0.2, 0) is 0 Å². The maximum Gasteiger partial charge on any atom is 1.00 e. The standard InChI is InChI=1S/C9H4N2O2.Li/c10-4-6-2-1-3-7(5-11)8(6)9(12)13;/h1-3H,(H,12,13);/q;+1/p-1. The minimum atomic E-state index is -1.51. The van der Waals surface area contributed by atoms with Crippen LogP contribution < -0.4 is 24.0 Å². The van der Waals surface area contributed by atoms with Gasteiger partial charge >= 0.3 is 18.9 Å². The van der Waals surface area contributed by atoms with Crippen molar-refractivity contribution in [2.45, 2.75) is 0 Å². The van der Waals surface area contributed by atoms with Gasteiger partial charge in [0.15, 0.2) is 0 Å². The first-order chi connectivity index (χ1) is 6.20. The van der Waals surface area contributed by atoms with Crippen molar-refractivity contribution in [1.82, 2.24) is 0 Å². The summed E-state index contributed by atoms with van der Waals surface area (Å²) in [6.45, 7) is 0. The topological polar surface area (TPSA) is 87.7 Å². The van der Waals surface area contributed by atoms with E-state index in [1.165, 1.54) is 18.2 Å². The molecule has 0 spiro atoms. The fourth-order valence-electron chi connectivity index (χ4n) is 0.959. The van der Waals surface area contributed by atoms with Gasteiger partial charge in [0.2, 0.25) is 0 Å². The van der Waals surface area contributed by atoms with E-state index in [1.54, 1.807) is 12.1 Å². The Morgan fingerprint density at radius 2 is 1.64 bits per heavy atom. The molecular weight excluding hydrogens is 175 g/mol. The van der Waals surface area contributed by atoms with Crippen LogP contribution in [0.4, 0.5) is 0 Å². The zero-order chi connectivity index (χ0) is 9.84. The van der Waals surface area contributed by atoms with E-state index < -0.39 is 5.97 Å². The average Bonchev–Trinajstić information content (AvgIpc) is 2.16. The maximum absolute atomic E-state index is 10.5. The summed E-state index contributed by atoms with van der Waals surface area (Å²) in [5, 5.41) is 27.6. The first-order valence-electron chi connectivity index (χ1n) is 3.35. The van der Waals surface area contributed by atoms with E-state index in [4.69, 9.17) is 10.5 Å². The van der Waals surface area contributed by atoms with Crippen molar-refractivity contribution < 1.29 is 28.8 Å². The van der Waals surface area contributed by atoms with Gasteiger partial charge in [-0.2, -0.15) is 10.5 Å². The van der Waals surface area contributed by atoms with Crippen LogP contribution in [0.3, 0.4) is 0 Å². The number of hydrogen-bond acceptors (Lipinski definition) is 4. The van der Waals surface area contributed by atoms with Gasteiger partial charge in [0, 0.05) is 5.56 Å². The normalized spacial score (nSPS) is 7.86. The number of nitriles is 2.